The second kappa shape index (κ2) is 11.0. The molecule has 3 aromatic carbocycles. The van der Waals surface area contributed by atoms with Gasteiger partial charge in [0.2, 0.25) is 0 Å². The number of rotatable bonds is 8. The van der Waals surface area contributed by atoms with Crippen LogP contribution in [0.25, 0.3) is 32.2 Å². The van der Waals surface area contributed by atoms with E-state index in [2.05, 4.69) is 5.32 Å². The van der Waals surface area contributed by atoms with Crippen LogP contribution >= 0.6 is 11.3 Å². The van der Waals surface area contributed by atoms with E-state index in [0.717, 1.165) is 45.2 Å². The molecule has 0 bridgehead atoms. The van der Waals surface area contributed by atoms with Crippen molar-refractivity contribution in [1.29, 1.82) is 0 Å². The third-order valence-corrected chi connectivity index (χ3v) is 7.57. The number of benzene rings is 3. The summed E-state index contributed by atoms with van der Waals surface area (Å²) in [4.78, 5) is 31.9. The maximum atomic E-state index is 13.9. The Balaban J connectivity index is 1.59. The van der Waals surface area contributed by atoms with E-state index in [1.54, 1.807) is 7.11 Å². The zero-order valence-corrected chi connectivity index (χ0v) is 22.4. The maximum Gasteiger partial charge on any atom is 0.341 e. The van der Waals surface area contributed by atoms with Gasteiger partial charge in [-0.05, 0) is 55.3 Å². The molecule has 38 heavy (non-hydrogen) atoms. The molecule has 0 saturated heterocycles. The van der Waals surface area contributed by atoms with Gasteiger partial charge >= 0.3 is 5.97 Å². The van der Waals surface area contributed by atoms with E-state index in [1.807, 2.05) is 86.6 Å². The van der Waals surface area contributed by atoms with Crippen molar-refractivity contribution in [1.82, 2.24) is 4.98 Å². The monoisotopic (exact) mass is 524 g/mol. The molecule has 0 unspecified atom stereocenters. The van der Waals surface area contributed by atoms with Gasteiger partial charge in [0.25, 0.3) is 5.91 Å². The molecule has 1 amide bonds. The van der Waals surface area contributed by atoms with Crippen molar-refractivity contribution >= 4 is 49.2 Å². The molecule has 0 saturated carbocycles. The summed E-state index contributed by atoms with van der Waals surface area (Å²) in [5.41, 5.74) is 3.96. The number of methoxy groups -OCH3 is 1. The summed E-state index contributed by atoms with van der Waals surface area (Å²) in [7, 11) is 1.62. The Morgan fingerprint density at radius 1 is 0.921 bits per heavy atom. The van der Waals surface area contributed by atoms with Gasteiger partial charge in [-0.3, -0.25) is 4.79 Å². The molecule has 192 valence electrons. The number of esters is 1. The number of anilines is 1. The topological polar surface area (TPSA) is 77.5 Å². The first-order chi connectivity index (χ1) is 18.5. The fourth-order valence-corrected chi connectivity index (χ4v) is 5.60. The van der Waals surface area contributed by atoms with Crippen LogP contribution in [0.5, 0.6) is 5.75 Å². The van der Waals surface area contributed by atoms with Crippen molar-refractivity contribution in [2.45, 2.75) is 26.7 Å². The number of nitrogens with zero attached hydrogens (tertiary/aromatic N) is 1. The van der Waals surface area contributed by atoms with Crippen LogP contribution in [-0.4, -0.2) is 30.6 Å². The average Bonchev–Trinajstić information content (AvgIpc) is 3.30. The van der Waals surface area contributed by atoms with Crippen molar-refractivity contribution in [3.8, 4) is 17.0 Å². The number of amides is 1. The number of thiophene rings is 1. The first-order valence-electron chi connectivity index (χ1n) is 12.6. The van der Waals surface area contributed by atoms with E-state index in [1.165, 1.54) is 11.3 Å². The minimum atomic E-state index is -0.429. The summed E-state index contributed by atoms with van der Waals surface area (Å²) < 4.78 is 11.8. The number of aromatic nitrogens is 1. The fraction of sp³-hybridized carbons (Fsp3) is 0.194. The zero-order chi connectivity index (χ0) is 26.6. The normalized spacial score (nSPS) is 11.0. The molecule has 0 aliphatic carbocycles. The molecule has 0 aliphatic rings. The summed E-state index contributed by atoms with van der Waals surface area (Å²) in [6.07, 6.45) is 1.71. The largest absolute Gasteiger partial charge is 0.497 e. The number of ether oxygens (including phenoxy) is 2. The highest BCUT2D eigenvalue weighted by Gasteiger charge is 2.25. The highest BCUT2D eigenvalue weighted by molar-refractivity contribution is 7.23. The number of unbranched alkanes of at least 4 members (excludes halogenated alkanes) is 1. The summed E-state index contributed by atoms with van der Waals surface area (Å²) in [6, 6.07) is 22.8. The SMILES string of the molecule is CCCCOC(=O)c1c(NC(=O)c2c(C)c(-c3ccc(OC)cc3)nc3ccccc23)sc2ccccc12. The second-order valence-corrected chi connectivity index (χ2v) is 10.0. The number of fused-ring (bicyclic) bond motifs is 2. The molecule has 0 atom stereocenters. The average molecular weight is 525 g/mol. The lowest BCUT2D eigenvalue weighted by molar-refractivity contribution is 0.0503. The standard InChI is InChI=1S/C31H28N2O4S/c1-4-5-18-37-31(35)27-23-11-7-9-13-25(23)38-30(27)33-29(34)26-19(2)28(20-14-16-21(36-3)17-15-20)32-24-12-8-6-10-22(24)26/h6-17H,4-5,18H2,1-3H3,(H,33,34). The molecule has 7 heteroatoms. The number of carbonyl (C=O) groups is 2. The van der Waals surface area contributed by atoms with Crippen molar-refractivity contribution in [2.75, 3.05) is 19.0 Å². The van der Waals surface area contributed by atoms with E-state index in [9.17, 15) is 9.59 Å². The molecule has 5 rings (SSSR count). The lowest BCUT2D eigenvalue weighted by Gasteiger charge is -2.15. The second-order valence-electron chi connectivity index (χ2n) is 8.95. The summed E-state index contributed by atoms with van der Waals surface area (Å²) in [5.74, 6) is 0.0136. The highest BCUT2D eigenvalue weighted by Crippen LogP contribution is 2.38. The summed E-state index contributed by atoms with van der Waals surface area (Å²) in [6.45, 7) is 4.28. The molecule has 0 fully saturated rings. The minimum absolute atomic E-state index is 0.301. The molecule has 2 aromatic heterocycles. The maximum absolute atomic E-state index is 13.9. The fourth-order valence-electron chi connectivity index (χ4n) is 4.51. The van der Waals surface area contributed by atoms with Crippen LogP contribution in [0.1, 0.15) is 46.0 Å². The van der Waals surface area contributed by atoms with Gasteiger partial charge in [0.1, 0.15) is 16.3 Å². The Hall–Kier alpha value is -4.23. The molecular weight excluding hydrogens is 496 g/mol. The predicted molar refractivity (Wildman–Crippen MR) is 153 cm³/mol. The van der Waals surface area contributed by atoms with E-state index >= 15 is 0 Å². The van der Waals surface area contributed by atoms with Crippen molar-refractivity contribution < 1.29 is 19.1 Å². The Labute approximate surface area is 225 Å². The van der Waals surface area contributed by atoms with Crippen LogP contribution in [0.15, 0.2) is 72.8 Å². The van der Waals surface area contributed by atoms with E-state index in [-0.39, 0.29) is 5.91 Å². The number of nitrogens with one attached hydrogen (secondary N) is 1. The Morgan fingerprint density at radius 2 is 1.63 bits per heavy atom. The lowest BCUT2D eigenvalue weighted by atomic mass is 9.97. The number of pyridine rings is 1. The Kier molecular flexibility index (Phi) is 7.38. The van der Waals surface area contributed by atoms with Gasteiger partial charge in [-0.2, -0.15) is 0 Å². The van der Waals surface area contributed by atoms with Gasteiger partial charge in [-0.1, -0.05) is 49.7 Å². The Bertz CT molecular complexity index is 1640. The molecule has 1 N–H and O–H groups in total. The smallest absolute Gasteiger partial charge is 0.341 e. The lowest BCUT2D eigenvalue weighted by Crippen LogP contribution is -2.17. The summed E-state index contributed by atoms with van der Waals surface area (Å²) in [5, 5.41) is 5.04. The molecule has 6 nitrogen and oxygen atoms in total. The number of hydrogen-bond donors (Lipinski definition) is 1. The molecule has 2 heterocycles. The van der Waals surface area contributed by atoms with Crippen molar-refractivity contribution in [3.05, 3.63) is 89.5 Å². The number of hydrogen-bond acceptors (Lipinski definition) is 6. The van der Waals surface area contributed by atoms with E-state index in [4.69, 9.17) is 14.5 Å². The van der Waals surface area contributed by atoms with Crippen LogP contribution < -0.4 is 10.1 Å². The van der Waals surface area contributed by atoms with Crippen LogP contribution in [-0.2, 0) is 4.74 Å². The van der Waals surface area contributed by atoms with Crippen LogP contribution in [0.2, 0.25) is 0 Å². The highest BCUT2D eigenvalue weighted by atomic mass is 32.1. The van der Waals surface area contributed by atoms with Gasteiger partial charge in [0, 0.05) is 21.0 Å². The Morgan fingerprint density at radius 3 is 2.37 bits per heavy atom. The first-order valence-corrected chi connectivity index (χ1v) is 13.4. The van der Waals surface area contributed by atoms with Gasteiger partial charge < -0.3 is 14.8 Å². The van der Waals surface area contributed by atoms with Crippen LogP contribution in [0, 0.1) is 6.92 Å². The minimum Gasteiger partial charge on any atom is -0.497 e. The summed E-state index contributed by atoms with van der Waals surface area (Å²) >= 11 is 1.37. The quantitative estimate of drug-likeness (QED) is 0.167. The molecular formula is C31H28N2O4S. The van der Waals surface area contributed by atoms with Gasteiger partial charge in [-0.15, -0.1) is 11.3 Å². The van der Waals surface area contributed by atoms with E-state index < -0.39 is 5.97 Å². The van der Waals surface area contributed by atoms with Gasteiger partial charge in [0.15, 0.2) is 0 Å². The first kappa shape index (κ1) is 25.4. The number of para-hydroxylation sites is 1. The van der Waals surface area contributed by atoms with Gasteiger partial charge in [0.05, 0.1) is 30.5 Å². The molecule has 0 aliphatic heterocycles. The third kappa shape index (κ3) is 4.85. The van der Waals surface area contributed by atoms with Crippen molar-refractivity contribution in [3.63, 3.8) is 0 Å². The molecule has 0 spiro atoms. The molecule has 0 radical (unpaired) electrons. The third-order valence-electron chi connectivity index (χ3n) is 6.48. The number of carbonyl (C=O) groups excluding carboxylic acids is 2. The van der Waals surface area contributed by atoms with Gasteiger partial charge in [-0.25, -0.2) is 9.78 Å². The molecule has 5 aromatic rings. The zero-order valence-electron chi connectivity index (χ0n) is 21.5. The predicted octanol–water partition coefficient (Wildman–Crippen LogP) is 7.64. The van der Waals surface area contributed by atoms with Crippen LogP contribution in [0.3, 0.4) is 0 Å². The van der Waals surface area contributed by atoms with Crippen molar-refractivity contribution in [2.24, 2.45) is 0 Å². The van der Waals surface area contributed by atoms with Crippen LogP contribution in [0.4, 0.5) is 5.00 Å². The van der Waals surface area contributed by atoms with E-state index in [0.29, 0.717) is 33.9 Å².